The van der Waals surface area contributed by atoms with Gasteiger partial charge in [0.1, 0.15) is 61.0 Å². The van der Waals surface area contributed by atoms with E-state index in [2.05, 4.69) is 19.2 Å². The summed E-state index contributed by atoms with van der Waals surface area (Å²) in [6.45, 7) is 2.40. The van der Waals surface area contributed by atoms with Crippen molar-refractivity contribution in [1.82, 2.24) is 5.32 Å². The van der Waals surface area contributed by atoms with Gasteiger partial charge in [0, 0.05) is 0 Å². The van der Waals surface area contributed by atoms with Crippen LogP contribution in [0, 0.1) is 0 Å². The molecule has 14 atom stereocenters. The fourth-order valence-corrected chi connectivity index (χ4v) is 9.20. The molecule has 0 bridgehead atoms. The van der Waals surface area contributed by atoms with Crippen LogP contribution in [0.25, 0.3) is 0 Å². The van der Waals surface area contributed by atoms with Crippen molar-refractivity contribution in [3.8, 4) is 0 Å². The topological polar surface area (TPSA) is 268 Å². The van der Waals surface area contributed by atoms with E-state index in [0.29, 0.717) is 12.8 Å². The Kier molecular flexibility index (Phi) is 35.7. The molecule has 14 unspecified atom stereocenters. The Hall–Kier alpha value is -1.09. The molecule has 0 aromatic heterocycles. The van der Waals surface area contributed by atoms with Crippen LogP contribution in [0.2, 0.25) is 0 Å². The van der Waals surface area contributed by atoms with Gasteiger partial charge in [0.05, 0.1) is 32.0 Å². The molecule has 67 heavy (non-hydrogen) atoms. The van der Waals surface area contributed by atoms with Crippen LogP contribution in [0.3, 0.4) is 0 Å². The molecule has 2 fully saturated rings. The van der Waals surface area contributed by atoms with Crippen LogP contribution >= 0.6 is 0 Å². The van der Waals surface area contributed by atoms with Gasteiger partial charge in [0.15, 0.2) is 12.6 Å². The maximum atomic E-state index is 13.4. The van der Waals surface area contributed by atoms with E-state index >= 15 is 0 Å². The summed E-state index contributed by atoms with van der Waals surface area (Å²) >= 11 is 0. The lowest BCUT2D eigenvalue weighted by molar-refractivity contribution is -0.368. The predicted octanol–water partition coefficient (Wildman–Crippen LogP) is 5.33. The van der Waals surface area contributed by atoms with Crippen molar-refractivity contribution in [3.05, 3.63) is 0 Å². The minimum atomic E-state index is -1.87. The molecule has 1 amide bonds. The van der Waals surface area contributed by atoms with Crippen LogP contribution < -0.4 is 5.32 Å². The van der Waals surface area contributed by atoms with Crippen LogP contribution in [-0.4, -0.2) is 163 Å². The SMILES string of the molecule is CCCCCCCCCCCCCCCCCCC(O)C(=O)NC(COC1OC(CO)C(O)C(O)C1OC1OC(CO)C(O)C(O)C1O)C(O)C(O)CCCCCCCCCCCCCCC. The predicted molar refractivity (Wildman–Crippen MR) is 257 cm³/mol. The summed E-state index contributed by atoms with van der Waals surface area (Å²) in [5.41, 5.74) is 0. The van der Waals surface area contributed by atoms with Gasteiger partial charge in [-0.15, -0.1) is 0 Å². The third kappa shape index (κ3) is 25.2. The molecule has 2 aliphatic rings. The molecule has 0 aromatic rings. The molecule has 2 saturated heterocycles. The number of hydrogen-bond donors (Lipinski definition) is 11. The number of nitrogens with one attached hydrogen (secondary N) is 1. The third-order valence-electron chi connectivity index (χ3n) is 13.8. The molecule has 11 N–H and O–H groups in total. The Morgan fingerprint density at radius 1 is 0.493 bits per heavy atom. The minimum Gasteiger partial charge on any atom is -0.394 e. The van der Waals surface area contributed by atoms with Gasteiger partial charge in [-0.3, -0.25) is 4.79 Å². The van der Waals surface area contributed by atoms with Gasteiger partial charge in [0.25, 0.3) is 0 Å². The number of carbonyl (C=O) groups is 1. The van der Waals surface area contributed by atoms with Crippen LogP contribution in [0.1, 0.15) is 213 Å². The lowest BCUT2D eigenvalue weighted by Crippen LogP contribution is -2.65. The van der Waals surface area contributed by atoms with Crippen molar-refractivity contribution in [3.63, 3.8) is 0 Å². The summed E-state index contributed by atoms with van der Waals surface area (Å²) in [4.78, 5) is 13.4. The standard InChI is InChI=1S/C51H99NO15/c1-3-5-7-9-11-13-15-17-18-19-21-23-25-27-29-31-33-39(56)49(63)52-37(42(57)38(55)32-30-28-26-24-22-20-16-14-12-10-8-6-4-2)36-64-51-48(46(61)44(59)41(35-54)66-51)67-50-47(62)45(60)43(58)40(34-53)65-50/h37-48,50-51,53-62H,3-36H2,1-2H3,(H,52,63). The van der Waals surface area contributed by atoms with Gasteiger partial charge >= 0.3 is 0 Å². The van der Waals surface area contributed by atoms with Gasteiger partial charge in [-0.1, -0.05) is 200 Å². The smallest absolute Gasteiger partial charge is 0.249 e. The molecule has 16 heteroatoms. The maximum absolute atomic E-state index is 13.4. The Morgan fingerprint density at radius 3 is 1.28 bits per heavy atom. The highest BCUT2D eigenvalue weighted by Crippen LogP contribution is 2.30. The van der Waals surface area contributed by atoms with E-state index in [4.69, 9.17) is 18.9 Å². The Bertz CT molecular complexity index is 1170. The Labute approximate surface area is 403 Å². The molecule has 0 aliphatic carbocycles. The lowest BCUT2D eigenvalue weighted by atomic mass is 9.97. The number of carbonyl (C=O) groups excluding carboxylic acids is 1. The molecule has 2 aliphatic heterocycles. The Morgan fingerprint density at radius 2 is 0.866 bits per heavy atom. The van der Waals surface area contributed by atoms with Crippen LogP contribution in [0.4, 0.5) is 0 Å². The number of hydrogen-bond acceptors (Lipinski definition) is 15. The summed E-state index contributed by atoms with van der Waals surface area (Å²) in [5.74, 6) is -0.774. The van der Waals surface area contributed by atoms with E-state index in [9.17, 15) is 55.9 Å². The second-order valence-corrected chi connectivity index (χ2v) is 19.7. The van der Waals surface area contributed by atoms with Gasteiger partial charge in [-0.2, -0.15) is 0 Å². The van der Waals surface area contributed by atoms with Gasteiger partial charge < -0.3 is 75.3 Å². The first-order valence-corrected chi connectivity index (χ1v) is 27.0. The average Bonchev–Trinajstić information content (AvgIpc) is 3.32. The lowest BCUT2D eigenvalue weighted by Gasteiger charge is -2.46. The van der Waals surface area contributed by atoms with Crippen molar-refractivity contribution >= 4 is 5.91 Å². The molecule has 0 aromatic carbocycles. The zero-order valence-corrected chi connectivity index (χ0v) is 41.6. The van der Waals surface area contributed by atoms with E-state index in [1.807, 2.05) is 0 Å². The van der Waals surface area contributed by atoms with E-state index < -0.39 is 111 Å². The fraction of sp³-hybridized carbons (Fsp3) is 0.980. The molecular formula is C51H99NO15. The van der Waals surface area contributed by atoms with Crippen molar-refractivity contribution in [2.45, 2.75) is 299 Å². The molecule has 0 spiro atoms. The number of unbranched alkanes of at least 4 members (excludes halogenated alkanes) is 27. The average molecular weight is 966 g/mol. The number of amides is 1. The van der Waals surface area contributed by atoms with E-state index in [0.717, 1.165) is 51.4 Å². The molecule has 0 radical (unpaired) electrons. The zero-order chi connectivity index (χ0) is 49.2. The highest BCUT2D eigenvalue weighted by atomic mass is 16.8. The van der Waals surface area contributed by atoms with Gasteiger partial charge in [0.2, 0.25) is 5.91 Å². The summed E-state index contributed by atoms with van der Waals surface area (Å²) in [7, 11) is 0. The van der Waals surface area contributed by atoms with E-state index in [1.54, 1.807) is 0 Å². The van der Waals surface area contributed by atoms with E-state index in [-0.39, 0.29) is 12.8 Å². The summed E-state index contributed by atoms with van der Waals surface area (Å²) in [6.07, 6.45) is 13.5. The largest absolute Gasteiger partial charge is 0.394 e. The zero-order valence-electron chi connectivity index (χ0n) is 41.6. The number of aliphatic hydroxyl groups is 10. The second kappa shape index (κ2) is 38.6. The Balaban J connectivity index is 1.95. The monoisotopic (exact) mass is 966 g/mol. The van der Waals surface area contributed by atoms with Crippen LogP contribution in [-0.2, 0) is 23.7 Å². The van der Waals surface area contributed by atoms with Crippen LogP contribution in [0.15, 0.2) is 0 Å². The number of rotatable bonds is 42. The maximum Gasteiger partial charge on any atom is 0.249 e. The third-order valence-corrected chi connectivity index (χ3v) is 13.8. The normalized spacial score (nSPS) is 27.5. The second-order valence-electron chi connectivity index (χ2n) is 19.7. The summed E-state index contributed by atoms with van der Waals surface area (Å²) < 4.78 is 22.9. The highest BCUT2D eigenvalue weighted by Gasteiger charge is 2.51. The molecule has 398 valence electrons. The fourth-order valence-electron chi connectivity index (χ4n) is 9.20. The van der Waals surface area contributed by atoms with Crippen molar-refractivity contribution in [1.29, 1.82) is 0 Å². The molecular weight excluding hydrogens is 867 g/mol. The van der Waals surface area contributed by atoms with Crippen molar-refractivity contribution < 1.29 is 74.8 Å². The van der Waals surface area contributed by atoms with E-state index in [1.165, 1.54) is 122 Å². The highest BCUT2D eigenvalue weighted by molar-refractivity contribution is 5.80. The summed E-state index contributed by atoms with van der Waals surface area (Å²) in [5, 5.41) is 109. The quantitative estimate of drug-likeness (QED) is 0.0346. The first-order chi connectivity index (χ1) is 32.4. The van der Waals surface area contributed by atoms with Gasteiger partial charge in [-0.05, 0) is 12.8 Å². The molecule has 2 rings (SSSR count). The number of aliphatic hydroxyl groups excluding tert-OH is 10. The first kappa shape index (κ1) is 62.0. The number of ether oxygens (including phenoxy) is 4. The molecule has 2 heterocycles. The first-order valence-electron chi connectivity index (χ1n) is 27.0. The molecule has 16 nitrogen and oxygen atoms in total. The minimum absolute atomic E-state index is 0.193. The molecule has 0 saturated carbocycles. The van der Waals surface area contributed by atoms with Crippen molar-refractivity contribution in [2.75, 3.05) is 19.8 Å². The van der Waals surface area contributed by atoms with Gasteiger partial charge in [-0.25, -0.2) is 0 Å². The summed E-state index contributed by atoms with van der Waals surface area (Å²) in [6, 6.07) is -1.31. The van der Waals surface area contributed by atoms with Crippen molar-refractivity contribution in [2.24, 2.45) is 0 Å². The van der Waals surface area contributed by atoms with Crippen LogP contribution in [0.5, 0.6) is 0 Å².